The number of carbonyl (C=O) groups excluding carboxylic acids is 1. The van der Waals surface area contributed by atoms with Gasteiger partial charge in [-0.05, 0) is 48.1 Å². The smallest absolute Gasteiger partial charge is 0.269 e. The number of carbonyl (C=O) groups is 1. The van der Waals surface area contributed by atoms with Crippen LogP contribution in [-0.4, -0.2) is 10.8 Å². The van der Waals surface area contributed by atoms with Crippen LogP contribution in [0, 0.1) is 21.4 Å². The zero-order valence-electron chi connectivity index (χ0n) is 13.1. The first-order chi connectivity index (χ1) is 10.3. The van der Waals surface area contributed by atoms with Crippen LogP contribution in [0.2, 0.25) is 0 Å². The predicted molar refractivity (Wildman–Crippen MR) is 83.4 cm³/mol. The Morgan fingerprint density at radius 1 is 1.36 bits per heavy atom. The lowest BCUT2D eigenvalue weighted by molar-refractivity contribution is -0.385. The van der Waals surface area contributed by atoms with E-state index in [0.29, 0.717) is 0 Å². The lowest BCUT2D eigenvalue weighted by atomic mass is 9.49. The van der Waals surface area contributed by atoms with Crippen LogP contribution in [0.25, 0.3) is 0 Å². The van der Waals surface area contributed by atoms with Gasteiger partial charge in [0.2, 0.25) is 5.91 Å². The van der Waals surface area contributed by atoms with Gasteiger partial charge < -0.3 is 5.73 Å². The van der Waals surface area contributed by atoms with Gasteiger partial charge in [-0.25, -0.2) is 0 Å². The maximum absolute atomic E-state index is 12.1. The number of hydrogen-bond acceptors (Lipinski definition) is 3. The first kappa shape index (κ1) is 15.0. The second-order valence-corrected chi connectivity index (χ2v) is 7.24. The number of primary amides is 1. The van der Waals surface area contributed by atoms with Crippen LogP contribution in [0.4, 0.5) is 5.69 Å². The molecule has 3 atom stereocenters. The van der Waals surface area contributed by atoms with Crippen molar-refractivity contribution in [3.63, 3.8) is 0 Å². The standard InChI is InChI=1S/C17H22N2O3/c1-16-8-3-9-17(2,15(18)20)14(16)7-4-11-10-12(19(21)22)5-6-13(11)16/h5-6,10,14H,3-4,7-9H2,1-2H3,(H2,18,20). The van der Waals surface area contributed by atoms with E-state index in [0.717, 1.165) is 37.7 Å². The molecule has 0 aliphatic heterocycles. The Bertz CT molecular complexity index is 657. The molecular formula is C17H22N2O3. The Balaban J connectivity index is 2.09. The van der Waals surface area contributed by atoms with E-state index in [4.69, 9.17) is 5.73 Å². The molecule has 3 unspecified atom stereocenters. The van der Waals surface area contributed by atoms with Gasteiger partial charge in [0, 0.05) is 17.5 Å². The highest BCUT2D eigenvalue weighted by Gasteiger charge is 2.54. The number of nitrogens with two attached hydrogens (primary N) is 1. The maximum atomic E-state index is 12.1. The van der Waals surface area contributed by atoms with E-state index in [1.807, 2.05) is 13.0 Å². The van der Waals surface area contributed by atoms with Crippen molar-refractivity contribution in [2.24, 2.45) is 17.1 Å². The van der Waals surface area contributed by atoms with Crippen molar-refractivity contribution >= 4 is 11.6 Å². The third kappa shape index (κ3) is 1.95. The highest BCUT2D eigenvalue weighted by atomic mass is 16.6. The molecule has 5 heteroatoms. The number of aryl methyl sites for hydroxylation is 1. The number of non-ortho nitro benzene ring substituents is 1. The molecule has 2 aliphatic carbocycles. The van der Waals surface area contributed by atoms with Crippen LogP contribution < -0.4 is 5.73 Å². The van der Waals surface area contributed by atoms with Crippen molar-refractivity contribution in [3.8, 4) is 0 Å². The number of amides is 1. The fourth-order valence-corrected chi connectivity index (χ4v) is 4.89. The van der Waals surface area contributed by atoms with Crippen molar-refractivity contribution in [2.75, 3.05) is 0 Å². The summed E-state index contributed by atoms with van der Waals surface area (Å²) in [5.41, 5.74) is 7.50. The lowest BCUT2D eigenvalue weighted by Crippen LogP contribution is -2.54. The number of nitro groups is 1. The molecule has 1 aromatic rings. The monoisotopic (exact) mass is 302 g/mol. The van der Waals surface area contributed by atoms with Crippen LogP contribution in [0.1, 0.15) is 50.7 Å². The molecule has 0 saturated heterocycles. The fourth-order valence-electron chi connectivity index (χ4n) is 4.89. The van der Waals surface area contributed by atoms with Gasteiger partial charge in [0.1, 0.15) is 0 Å². The van der Waals surface area contributed by atoms with Gasteiger partial charge in [0.25, 0.3) is 5.69 Å². The number of fused-ring (bicyclic) bond motifs is 3. The average Bonchev–Trinajstić information content (AvgIpc) is 2.46. The highest BCUT2D eigenvalue weighted by Crippen LogP contribution is 2.57. The molecule has 3 rings (SSSR count). The number of hydrogen-bond donors (Lipinski definition) is 1. The molecule has 2 N–H and O–H groups in total. The van der Waals surface area contributed by atoms with Crippen LogP contribution in [-0.2, 0) is 16.6 Å². The summed E-state index contributed by atoms with van der Waals surface area (Å²) in [6, 6.07) is 5.18. The molecule has 0 bridgehead atoms. The lowest BCUT2D eigenvalue weighted by Gasteiger charge is -2.54. The third-order valence-electron chi connectivity index (χ3n) is 6.11. The molecule has 1 amide bonds. The van der Waals surface area contributed by atoms with E-state index in [1.165, 1.54) is 5.56 Å². The Labute approximate surface area is 130 Å². The molecule has 1 aromatic carbocycles. The zero-order chi connectivity index (χ0) is 16.1. The van der Waals surface area contributed by atoms with E-state index in [-0.39, 0.29) is 27.9 Å². The molecule has 5 nitrogen and oxygen atoms in total. The molecule has 0 radical (unpaired) electrons. The van der Waals surface area contributed by atoms with Gasteiger partial charge in [0.05, 0.1) is 4.92 Å². The van der Waals surface area contributed by atoms with Gasteiger partial charge >= 0.3 is 0 Å². The first-order valence-corrected chi connectivity index (χ1v) is 7.87. The molecule has 118 valence electrons. The third-order valence-corrected chi connectivity index (χ3v) is 6.11. The SMILES string of the molecule is CC1(C(N)=O)CCCC2(C)c3ccc([N+](=O)[O-])cc3CCC12. The molecule has 0 aromatic heterocycles. The summed E-state index contributed by atoms with van der Waals surface area (Å²) >= 11 is 0. The van der Waals surface area contributed by atoms with Crippen molar-refractivity contribution in [1.82, 2.24) is 0 Å². The van der Waals surface area contributed by atoms with Crippen LogP contribution in [0.15, 0.2) is 18.2 Å². The maximum Gasteiger partial charge on any atom is 0.269 e. The predicted octanol–water partition coefficient (Wildman–Crippen LogP) is 3.09. The molecule has 2 aliphatic rings. The van der Waals surface area contributed by atoms with E-state index >= 15 is 0 Å². The van der Waals surface area contributed by atoms with Crippen LogP contribution in [0.5, 0.6) is 0 Å². The van der Waals surface area contributed by atoms with Gasteiger partial charge in [-0.3, -0.25) is 14.9 Å². The number of nitro benzene ring substituents is 1. The van der Waals surface area contributed by atoms with Gasteiger partial charge in [-0.15, -0.1) is 0 Å². The summed E-state index contributed by atoms with van der Waals surface area (Å²) < 4.78 is 0. The number of nitrogens with zero attached hydrogens (tertiary/aromatic N) is 1. The Morgan fingerprint density at radius 3 is 2.73 bits per heavy atom. The first-order valence-electron chi connectivity index (χ1n) is 7.87. The topological polar surface area (TPSA) is 86.2 Å². The van der Waals surface area contributed by atoms with Gasteiger partial charge in [-0.2, -0.15) is 0 Å². The fraction of sp³-hybridized carbons (Fsp3) is 0.588. The van der Waals surface area contributed by atoms with E-state index in [9.17, 15) is 14.9 Å². The molecule has 0 heterocycles. The summed E-state index contributed by atoms with van der Waals surface area (Å²) in [5.74, 6) is -0.00556. The van der Waals surface area contributed by atoms with Crippen LogP contribution >= 0.6 is 0 Å². The molecule has 1 saturated carbocycles. The summed E-state index contributed by atoms with van der Waals surface area (Å²) in [6.45, 7) is 4.19. The van der Waals surface area contributed by atoms with Crippen molar-refractivity contribution in [3.05, 3.63) is 39.4 Å². The minimum atomic E-state index is -0.480. The van der Waals surface area contributed by atoms with Crippen molar-refractivity contribution in [2.45, 2.75) is 51.4 Å². The molecule has 22 heavy (non-hydrogen) atoms. The minimum absolute atomic E-state index is 0.120. The summed E-state index contributed by atoms with van der Waals surface area (Å²) in [4.78, 5) is 22.7. The average molecular weight is 302 g/mol. The summed E-state index contributed by atoms with van der Waals surface area (Å²) in [5, 5.41) is 11.0. The van der Waals surface area contributed by atoms with Gasteiger partial charge in [0.15, 0.2) is 0 Å². The normalized spacial score (nSPS) is 33.6. The van der Waals surface area contributed by atoms with E-state index in [2.05, 4.69) is 6.92 Å². The Kier molecular flexibility index (Phi) is 3.27. The zero-order valence-corrected chi connectivity index (χ0v) is 13.1. The van der Waals surface area contributed by atoms with E-state index < -0.39 is 5.41 Å². The van der Waals surface area contributed by atoms with Gasteiger partial charge in [-0.1, -0.05) is 26.3 Å². The largest absolute Gasteiger partial charge is 0.369 e. The number of benzene rings is 1. The Morgan fingerprint density at radius 2 is 2.09 bits per heavy atom. The van der Waals surface area contributed by atoms with Crippen molar-refractivity contribution < 1.29 is 9.72 Å². The van der Waals surface area contributed by atoms with Crippen LogP contribution in [0.3, 0.4) is 0 Å². The van der Waals surface area contributed by atoms with E-state index in [1.54, 1.807) is 12.1 Å². The van der Waals surface area contributed by atoms with Crippen molar-refractivity contribution in [1.29, 1.82) is 0 Å². The number of rotatable bonds is 2. The highest BCUT2D eigenvalue weighted by molar-refractivity contribution is 5.81. The quantitative estimate of drug-likeness (QED) is 0.672. The second kappa shape index (κ2) is 4.80. The molecular weight excluding hydrogens is 280 g/mol. The summed E-state index contributed by atoms with van der Waals surface area (Å²) in [7, 11) is 0. The molecule has 0 spiro atoms. The second-order valence-electron chi connectivity index (χ2n) is 7.24. The minimum Gasteiger partial charge on any atom is -0.369 e. The molecule has 1 fully saturated rings. The Hall–Kier alpha value is -1.91. The summed E-state index contributed by atoms with van der Waals surface area (Å²) in [6.07, 6.45) is 4.45.